The molecule has 4 heteroatoms. The van der Waals surface area contributed by atoms with E-state index in [1.807, 2.05) is 23.1 Å². The van der Waals surface area contributed by atoms with E-state index in [0.29, 0.717) is 19.0 Å². The molecular weight excluding hydrogens is 300 g/mol. The Labute approximate surface area is 145 Å². The van der Waals surface area contributed by atoms with E-state index in [9.17, 15) is 4.79 Å². The van der Waals surface area contributed by atoms with Crippen molar-refractivity contribution in [2.24, 2.45) is 0 Å². The number of ether oxygens (including phenoxy) is 1. The molecule has 2 heterocycles. The van der Waals surface area contributed by atoms with Crippen molar-refractivity contribution >= 4 is 5.91 Å². The highest BCUT2D eigenvalue weighted by Crippen LogP contribution is 2.27. The summed E-state index contributed by atoms with van der Waals surface area (Å²) in [4.78, 5) is 17.6. The van der Waals surface area contributed by atoms with Gasteiger partial charge in [0.2, 0.25) is 5.91 Å². The quantitative estimate of drug-likeness (QED) is 0.850. The predicted molar refractivity (Wildman–Crippen MR) is 95.8 cm³/mol. The number of carbonyl (C=O) groups is 1. The van der Waals surface area contributed by atoms with Crippen LogP contribution >= 0.6 is 0 Å². The van der Waals surface area contributed by atoms with E-state index in [1.165, 1.54) is 12.8 Å². The van der Waals surface area contributed by atoms with Crippen LogP contribution in [0.3, 0.4) is 0 Å². The fourth-order valence-electron chi connectivity index (χ4n) is 4.02. The number of amides is 1. The largest absolute Gasteiger partial charge is 0.367 e. The van der Waals surface area contributed by atoms with Gasteiger partial charge >= 0.3 is 0 Å². The maximum absolute atomic E-state index is 13.2. The van der Waals surface area contributed by atoms with Crippen molar-refractivity contribution in [3.63, 3.8) is 0 Å². The van der Waals surface area contributed by atoms with Gasteiger partial charge in [0, 0.05) is 6.54 Å². The number of morpholine rings is 1. The van der Waals surface area contributed by atoms with Crippen LogP contribution in [0, 0.1) is 0 Å². The molecule has 2 fully saturated rings. The SMILES string of the molecule is CCCN1CCCCC1C(=O)N1CC(C)OC(c2ccccc2)C1. The minimum atomic E-state index is -0.0119. The first kappa shape index (κ1) is 17.4. The second-order valence-corrected chi connectivity index (χ2v) is 7.14. The second kappa shape index (κ2) is 8.13. The third-order valence-corrected chi connectivity index (χ3v) is 5.15. The van der Waals surface area contributed by atoms with Crippen LogP contribution in [0.1, 0.15) is 51.2 Å². The summed E-state index contributed by atoms with van der Waals surface area (Å²) in [5.41, 5.74) is 1.16. The molecule has 1 aromatic carbocycles. The number of likely N-dealkylation sites (tertiary alicyclic amines) is 1. The summed E-state index contributed by atoms with van der Waals surface area (Å²) in [6.07, 6.45) is 4.56. The molecule has 1 aromatic rings. The number of carbonyl (C=O) groups excluding carboxylic acids is 1. The molecule has 3 unspecified atom stereocenters. The molecule has 0 radical (unpaired) electrons. The van der Waals surface area contributed by atoms with Gasteiger partial charge in [-0.1, -0.05) is 43.7 Å². The number of hydrogen-bond donors (Lipinski definition) is 0. The van der Waals surface area contributed by atoms with Crippen LogP contribution in [0.5, 0.6) is 0 Å². The summed E-state index contributed by atoms with van der Waals surface area (Å²) in [5.74, 6) is 0.305. The van der Waals surface area contributed by atoms with E-state index >= 15 is 0 Å². The van der Waals surface area contributed by atoms with Crippen molar-refractivity contribution in [1.29, 1.82) is 0 Å². The summed E-state index contributed by atoms with van der Waals surface area (Å²) in [6, 6.07) is 10.3. The maximum atomic E-state index is 13.2. The van der Waals surface area contributed by atoms with Gasteiger partial charge < -0.3 is 9.64 Å². The third-order valence-electron chi connectivity index (χ3n) is 5.15. The molecule has 24 heavy (non-hydrogen) atoms. The van der Waals surface area contributed by atoms with E-state index in [2.05, 4.69) is 30.9 Å². The normalized spacial score (nSPS) is 28.8. The predicted octanol–water partition coefficient (Wildman–Crippen LogP) is 3.24. The lowest BCUT2D eigenvalue weighted by molar-refractivity contribution is -0.151. The highest BCUT2D eigenvalue weighted by Gasteiger charge is 2.35. The van der Waals surface area contributed by atoms with Crippen LogP contribution in [0.25, 0.3) is 0 Å². The average Bonchev–Trinajstić information content (AvgIpc) is 2.62. The minimum absolute atomic E-state index is 0.0119. The van der Waals surface area contributed by atoms with Crippen LogP contribution < -0.4 is 0 Å². The lowest BCUT2D eigenvalue weighted by Gasteiger charge is -2.42. The number of rotatable bonds is 4. The summed E-state index contributed by atoms with van der Waals surface area (Å²) < 4.78 is 6.11. The van der Waals surface area contributed by atoms with Gasteiger partial charge in [0.15, 0.2) is 0 Å². The lowest BCUT2D eigenvalue weighted by Crippen LogP contribution is -2.55. The molecule has 0 spiro atoms. The van der Waals surface area contributed by atoms with Crippen molar-refractivity contribution < 1.29 is 9.53 Å². The monoisotopic (exact) mass is 330 g/mol. The molecule has 0 saturated carbocycles. The van der Waals surface area contributed by atoms with Crippen LogP contribution in [-0.2, 0) is 9.53 Å². The fraction of sp³-hybridized carbons (Fsp3) is 0.650. The van der Waals surface area contributed by atoms with Crippen LogP contribution in [0.15, 0.2) is 30.3 Å². The molecule has 0 N–H and O–H groups in total. The van der Waals surface area contributed by atoms with Crippen molar-refractivity contribution in [3.05, 3.63) is 35.9 Å². The third kappa shape index (κ3) is 3.98. The van der Waals surface area contributed by atoms with Gasteiger partial charge in [0.25, 0.3) is 0 Å². The zero-order chi connectivity index (χ0) is 16.9. The number of hydrogen-bond acceptors (Lipinski definition) is 3. The highest BCUT2D eigenvalue weighted by molar-refractivity contribution is 5.82. The minimum Gasteiger partial charge on any atom is -0.367 e. The molecule has 1 amide bonds. The molecule has 4 nitrogen and oxygen atoms in total. The topological polar surface area (TPSA) is 32.8 Å². The summed E-state index contributed by atoms with van der Waals surface area (Å²) >= 11 is 0. The molecule has 0 bridgehead atoms. The Balaban J connectivity index is 1.71. The van der Waals surface area contributed by atoms with Crippen molar-refractivity contribution in [2.45, 2.75) is 57.8 Å². The van der Waals surface area contributed by atoms with E-state index in [-0.39, 0.29) is 18.2 Å². The fourth-order valence-corrected chi connectivity index (χ4v) is 4.02. The molecule has 0 aromatic heterocycles. The summed E-state index contributed by atoms with van der Waals surface area (Å²) in [5, 5.41) is 0. The molecule has 132 valence electrons. The van der Waals surface area contributed by atoms with Crippen molar-refractivity contribution in [3.8, 4) is 0 Å². The average molecular weight is 330 g/mol. The van der Waals surface area contributed by atoms with Gasteiger partial charge in [-0.3, -0.25) is 9.69 Å². The zero-order valence-electron chi connectivity index (χ0n) is 15.0. The highest BCUT2D eigenvalue weighted by atomic mass is 16.5. The number of nitrogens with zero attached hydrogens (tertiary/aromatic N) is 2. The van der Waals surface area contributed by atoms with Gasteiger partial charge in [-0.15, -0.1) is 0 Å². The van der Waals surface area contributed by atoms with E-state index in [1.54, 1.807) is 0 Å². The Morgan fingerprint density at radius 2 is 2.00 bits per heavy atom. The smallest absolute Gasteiger partial charge is 0.240 e. The van der Waals surface area contributed by atoms with Gasteiger partial charge in [-0.05, 0) is 44.8 Å². The Bertz CT molecular complexity index is 532. The van der Waals surface area contributed by atoms with Crippen molar-refractivity contribution in [1.82, 2.24) is 9.80 Å². The molecule has 2 saturated heterocycles. The number of piperidine rings is 1. The van der Waals surface area contributed by atoms with Crippen LogP contribution in [0.4, 0.5) is 0 Å². The number of benzene rings is 1. The standard InChI is InChI=1S/C20H30N2O2/c1-3-12-21-13-8-7-11-18(21)20(23)22-14-16(2)24-19(15-22)17-9-5-4-6-10-17/h4-6,9-10,16,18-19H,3,7-8,11-15H2,1-2H3. The lowest BCUT2D eigenvalue weighted by atomic mass is 9.99. The van der Waals surface area contributed by atoms with E-state index in [4.69, 9.17) is 4.74 Å². The second-order valence-electron chi connectivity index (χ2n) is 7.14. The molecule has 3 atom stereocenters. The van der Waals surface area contributed by atoms with Gasteiger partial charge in [0.1, 0.15) is 6.10 Å². The van der Waals surface area contributed by atoms with E-state index in [0.717, 1.165) is 31.5 Å². The first-order valence-corrected chi connectivity index (χ1v) is 9.42. The molecule has 2 aliphatic rings. The van der Waals surface area contributed by atoms with Gasteiger partial charge in [-0.25, -0.2) is 0 Å². The van der Waals surface area contributed by atoms with Gasteiger partial charge in [0.05, 0.1) is 18.7 Å². The van der Waals surface area contributed by atoms with Crippen molar-refractivity contribution in [2.75, 3.05) is 26.2 Å². The Kier molecular flexibility index (Phi) is 5.90. The maximum Gasteiger partial charge on any atom is 0.240 e. The molecule has 3 rings (SSSR count). The first-order chi connectivity index (χ1) is 11.7. The van der Waals surface area contributed by atoms with E-state index < -0.39 is 0 Å². The Morgan fingerprint density at radius 3 is 2.75 bits per heavy atom. The zero-order valence-corrected chi connectivity index (χ0v) is 15.0. The Morgan fingerprint density at radius 1 is 1.21 bits per heavy atom. The summed E-state index contributed by atoms with van der Waals surface area (Å²) in [7, 11) is 0. The van der Waals surface area contributed by atoms with Crippen LogP contribution in [-0.4, -0.2) is 54.0 Å². The molecule has 2 aliphatic heterocycles. The summed E-state index contributed by atoms with van der Waals surface area (Å²) in [6.45, 7) is 7.73. The molecular formula is C20H30N2O2. The Hall–Kier alpha value is -1.39. The van der Waals surface area contributed by atoms with Gasteiger partial charge in [-0.2, -0.15) is 0 Å². The van der Waals surface area contributed by atoms with Crippen LogP contribution in [0.2, 0.25) is 0 Å². The molecule has 0 aliphatic carbocycles. The first-order valence-electron chi connectivity index (χ1n) is 9.42.